The van der Waals surface area contributed by atoms with Crippen molar-refractivity contribution in [1.82, 2.24) is 19.1 Å². The number of carbonyl (C=O) groups is 1. The van der Waals surface area contributed by atoms with Crippen LogP contribution in [-0.4, -0.2) is 51.7 Å². The molecule has 1 aliphatic heterocycles. The molecule has 0 radical (unpaired) electrons. The van der Waals surface area contributed by atoms with Crippen LogP contribution in [0.1, 0.15) is 26.2 Å². The molecular formula is C17H22ClN5O3S2. The second-order valence-corrected chi connectivity index (χ2v) is 10.2. The molecule has 28 heavy (non-hydrogen) atoms. The number of carbonyl (C=O) groups excluding carboxylic acids is 1. The smallest absolute Gasteiger partial charge is 0.243 e. The van der Waals surface area contributed by atoms with Crippen molar-refractivity contribution in [3.8, 4) is 0 Å². The lowest BCUT2D eigenvalue weighted by Crippen LogP contribution is -2.35. The fourth-order valence-electron chi connectivity index (χ4n) is 2.84. The maximum Gasteiger partial charge on any atom is 0.243 e. The highest BCUT2D eigenvalue weighted by molar-refractivity contribution is 8.00. The zero-order valence-corrected chi connectivity index (χ0v) is 18.0. The van der Waals surface area contributed by atoms with Gasteiger partial charge in [-0.25, -0.2) is 8.42 Å². The van der Waals surface area contributed by atoms with Crippen LogP contribution in [0.3, 0.4) is 0 Å². The van der Waals surface area contributed by atoms with Crippen molar-refractivity contribution in [2.45, 2.75) is 41.5 Å². The summed E-state index contributed by atoms with van der Waals surface area (Å²) >= 11 is 7.44. The largest absolute Gasteiger partial charge is 0.324 e. The van der Waals surface area contributed by atoms with E-state index >= 15 is 0 Å². The minimum absolute atomic E-state index is 0.128. The maximum absolute atomic E-state index is 12.9. The number of hydrogen-bond donors (Lipinski definition) is 1. The van der Waals surface area contributed by atoms with E-state index in [1.165, 1.54) is 34.3 Å². The second-order valence-electron chi connectivity index (χ2n) is 6.58. The molecule has 1 atom stereocenters. The van der Waals surface area contributed by atoms with Gasteiger partial charge in [-0.05, 0) is 38.0 Å². The Hall–Kier alpha value is -1.62. The van der Waals surface area contributed by atoms with Gasteiger partial charge in [0.1, 0.15) is 6.33 Å². The van der Waals surface area contributed by atoms with E-state index in [2.05, 4.69) is 15.5 Å². The summed E-state index contributed by atoms with van der Waals surface area (Å²) < 4.78 is 28.9. The first-order chi connectivity index (χ1) is 13.3. The van der Waals surface area contributed by atoms with Crippen molar-refractivity contribution >= 4 is 45.0 Å². The third kappa shape index (κ3) is 4.68. The van der Waals surface area contributed by atoms with Crippen LogP contribution < -0.4 is 5.32 Å². The van der Waals surface area contributed by atoms with Crippen molar-refractivity contribution in [2.75, 3.05) is 18.4 Å². The number of aromatic nitrogens is 3. The molecule has 3 rings (SSSR count). The Morgan fingerprint density at radius 1 is 1.29 bits per heavy atom. The molecule has 2 aromatic rings. The molecule has 1 saturated heterocycles. The summed E-state index contributed by atoms with van der Waals surface area (Å²) in [5, 5.41) is 10.9. The first-order valence-corrected chi connectivity index (χ1v) is 11.6. The average Bonchev–Trinajstić information content (AvgIpc) is 3.08. The number of nitrogens with zero attached hydrogens (tertiary/aromatic N) is 4. The Bertz CT molecular complexity index is 957. The van der Waals surface area contributed by atoms with E-state index in [0.29, 0.717) is 18.2 Å². The van der Waals surface area contributed by atoms with Crippen molar-refractivity contribution in [2.24, 2.45) is 7.05 Å². The van der Waals surface area contributed by atoms with E-state index in [-0.39, 0.29) is 21.5 Å². The van der Waals surface area contributed by atoms with Gasteiger partial charge in [0.2, 0.25) is 15.9 Å². The summed E-state index contributed by atoms with van der Waals surface area (Å²) in [4.78, 5) is 12.7. The lowest BCUT2D eigenvalue weighted by molar-refractivity contribution is -0.115. The van der Waals surface area contributed by atoms with Gasteiger partial charge in [0.25, 0.3) is 0 Å². The third-order valence-electron chi connectivity index (χ3n) is 4.47. The fourth-order valence-corrected chi connectivity index (χ4v) is 5.34. The Labute approximate surface area is 173 Å². The minimum Gasteiger partial charge on any atom is -0.324 e. The minimum atomic E-state index is -3.61. The molecule has 1 fully saturated rings. The van der Waals surface area contributed by atoms with Gasteiger partial charge in [-0.1, -0.05) is 29.8 Å². The molecule has 0 aliphatic carbocycles. The van der Waals surface area contributed by atoms with Crippen LogP contribution in [0.15, 0.2) is 34.6 Å². The van der Waals surface area contributed by atoms with Crippen LogP contribution >= 0.6 is 23.4 Å². The number of anilines is 1. The van der Waals surface area contributed by atoms with Gasteiger partial charge in [-0.2, -0.15) is 4.31 Å². The molecule has 1 aliphatic rings. The summed E-state index contributed by atoms with van der Waals surface area (Å²) in [6.45, 7) is 2.76. The molecule has 0 spiro atoms. The molecule has 2 heterocycles. The summed E-state index contributed by atoms with van der Waals surface area (Å²) in [5.41, 5.74) is 0.273. The molecule has 1 amide bonds. The number of thioether (sulfide) groups is 1. The van der Waals surface area contributed by atoms with Crippen molar-refractivity contribution in [1.29, 1.82) is 0 Å². The molecule has 1 unspecified atom stereocenters. The molecule has 1 aromatic heterocycles. The van der Waals surface area contributed by atoms with Crippen LogP contribution in [-0.2, 0) is 21.9 Å². The number of benzene rings is 1. The number of halogens is 1. The first kappa shape index (κ1) is 21.1. The van der Waals surface area contributed by atoms with Gasteiger partial charge >= 0.3 is 0 Å². The molecule has 0 saturated carbocycles. The van der Waals surface area contributed by atoms with Gasteiger partial charge in [-0.3, -0.25) is 4.79 Å². The number of aryl methyl sites for hydroxylation is 1. The van der Waals surface area contributed by atoms with Gasteiger partial charge in [0.05, 0.1) is 20.9 Å². The number of rotatable bonds is 6. The summed E-state index contributed by atoms with van der Waals surface area (Å²) in [6.07, 6.45) is 4.30. The van der Waals surface area contributed by atoms with E-state index in [0.717, 1.165) is 19.3 Å². The highest BCUT2D eigenvalue weighted by Gasteiger charge is 2.27. The monoisotopic (exact) mass is 443 g/mol. The van der Waals surface area contributed by atoms with Crippen molar-refractivity contribution < 1.29 is 13.2 Å². The predicted molar refractivity (Wildman–Crippen MR) is 109 cm³/mol. The van der Waals surface area contributed by atoms with E-state index < -0.39 is 15.3 Å². The average molecular weight is 444 g/mol. The standard InChI is InChI=1S/C17H22ClN5O3S2/c1-12(27-17-21-19-11-22(17)2)16(24)20-15-10-13(6-7-14(15)18)28(25,26)23-8-4-3-5-9-23/h6-7,10-12H,3-5,8-9H2,1-2H3,(H,20,24). The maximum atomic E-state index is 12.9. The Morgan fingerprint density at radius 2 is 2.00 bits per heavy atom. The zero-order chi connectivity index (χ0) is 20.3. The number of nitrogens with one attached hydrogen (secondary N) is 1. The molecule has 11 heteroatoms. The topological polar surface area (TPSA) is 97.2 Å². The Kier molecular flexibility index (Phi) is 6.64. The third-order valence-corrected chi connectivity index (χ3v) is 7.84. The molecule has 8 nitrogen and oxygen atoms in total. The van der Waals surface area contributed by atoms with Crippen molar-refractivity contribution in [3.63, 3.8) is 0 Å². The van der Waals surface area contributed by atoms with Gasteiger partial charge in [-0.15, -0.1) is 10.2 Å². The SMILES string of the molecule is CC(Sc1nncn1C)C(=O)Nc1cc(S(=O)(=O)N2CCCCC2)ccc1Cl. The van der Waals surface area contributed by atoms with Crippen LogP contribution in [0.2, 0.25) is 5.02 Å². The van der Waals surface area contributed by atoms with Gasteiger partial charge < -0.3 is 9.88 Å². The van der Waals surface area contributed by atoms with Crippen LogP contribution in [0.25, 0.3) is 0 Å². The van der Waals surface area contributed by atoms with Crippen LogP contribution in [0.5, 0.6) is 0 Å². The molecule has 1 aromatic carbocycles. The predicted octanol–water partition coefficient (Wildman–Crippen LogP) is 2.76. The van der Waals surface area contributed by atoms with Crippen molar-refractivity contribution in [3.05, 3.63) is 29.5 Å². The first-order valence-electron chi connectivity index (χ1n) is 8.90. The molecule has 152 valence electrons. The normalized spacial score (nSPS) is 16.7. The summed E-state index contributed by atoms with van der Waals surface area (Å²) in [7, 11) is -1.82. The molecule has 0 bridgehead atoms. The molecular weight excluding hydrogens is 422 g/mol. The fraction of sp³-hybridized carbons (Fsp3) is 0.471. The molecule has 1 N–H and O–H groups in total. The quantitative estimate of drug-likeness (QED) is 0.689. The number of piperidine rings is 1. The van der Waals surface area contributed by atoms with Crippen LogP contribution in [0, 0.1) is 0 Å². The van der Waals surface area contributed by atoms with Gasteiger partial charge in [0.15, 0.2) is 5.16 Å². The van der Waals surface area contributed by atoms with E-state index in [4.69, 9.17) is 11.6 Å². The van der Waals surface area contributed by atoms with E-state index in [1.54, 1.807) is 24.9 Å². The number of sulfonamides is 1. The lowest BCUT2D eigenvalue weighted by atomic mass is 10.2. The van der Waals surface area contributed by atoms with E-state index in [9.17, 15) is 13.2 Å². The zero-order valence-electron chi connectivity index (χ0n) is 15.6. The Morgan fingerprint density at radius 3 is 2.64 bits per heavy atom. The summed E-state index contributed by atoms with van der Waals surface area (Å²) in [5.74, 6) is -0.303. The lowest BCUT2D eigenvalue weighted by Gasteiger charge is -2.26. The number of amides is 1. The summed E-state index contributed by atoms with van der Waals surface area (Å²) in [6, 6.07) is 4.39. The van der Waals surface area contributed by atoms with Crippen LogP contribution in [0.4, 0.5) is 5.69 Å². The highest BCUT2D eigenvalue weighted by Crippen LogP contribution is 2.29. The second kappa shape index (κ2) is 8.81. The van der Waals surface area contributed by atoms with E-state index in [1.807, 2.05) is 0 Å². The van der Waals surface area contributed by atoms with Gasteiger partial charge in [0, 0.05) is 20.1 Å². The number of hydrogen-bond acceptors (Lipinski definition) is 6. The Balaban J connectivity index is 1.76. The highest BCUT2D eigenvalue weighted by atomic mass is 35.5.